The second kappa shape index (κ2) is 12.8. The van der Waals surface area contributed by atoms with Crippen molar-refractivity contribution in [1.29, 1.82) is 0 Å². The standard InChI is InChI=1S/C23H36N4O3/c1-4-6-8-9-10-11-15-29-21-17-19(25-23(28)30-14-7-5-2)12-13-20(21)27-22(24)16-18(3)26-27/h12-13,16-17H,4-11,14-15,24H2,1-3H3,(H,25,28). The van der Waals surface area contributed by atoms with E-state index in [1.165, 1.54) is 25.7 Å². The van der Waals surface area contributed by atoms with Crippen LogP contribution in [0.5, 0.6) is 5.75 Å². The van der Waals surface area contributed by atoms with Gasteiger partial charge in [0.05, 0.1) is 18.9 Å². The van der Waals surface area contributed by atoms with Crippen LogP contribution in [-0.2, 0) is 4.74 Å². The predicted octanol–water partition coefficient (Wildman–Crippen LogP) is 5.85. The van der Waals surface area contributed by atoms with Gasteiger partial charge in [-0.25, -0.2) is 9.48 Å². The van der Waals surface area contributed by atoms with Gasteiger partial charge in [-0.2, -0.15) is 5.10 Å². The molecule has 3 N–H and O–H groups in total. The normalized spacial score (nSPS) is 10.8. The van der Waals surface area contributed by atoms with Crippen molar-refractivity contribution in [2.75, 3.05) is 24.3 Å². The van der Waals surface area contributed by atoms with Gasteiger partial charge in [0, 0.05) is 17.8 Å². The number of carbonyl (C=O) groups excluding carboxylic acids is 1. The molecule has 0 atom stereocenters. The molecular formula is C23H36N4O3. The van der Waals surface area contributed by atoms with Gasteiger partial charge in [0.25, 0.3) is 0 Å². The topological polar surface area (TPSA) is 91.4 Å². The number of aromatic nitrogens is 2. The summed E-state index contributed by atoms with van der Waals surface area (Å²) in [6, 6.07) is 7.25. The lowest BCUT2D eigenvalue weighted by Gasteiger charge is -2.15. The zero-order valence-corrected chi connectivity index (χ0v) is 18.6. The molecule has 1 aromatic heterocycles. The van der Waals surface area contributed by atoms with Crippen molar-refractivity contribution in [2.24, 2.45) is 0 Å². The lowest BCUT2D eigenvalue weighted by atomic mass is 10.1. The molecular weight excluding hydrogens is 380 g/mol. The van der Waals surface area contributed by atoms with Crippen LogP contribution in [0.1, 0.15) is 70.9 Å². The molecule has 0 aliphatic heterocycles. The summed E-state index contributed by atoms with van der Waals surface area (Å²) in [6.07, 6.45) is 8.49. The quantitative estimate of drug-likeness (QED) is 0.400. The molecule has 2 rings (SSSR count). The second-order valence-corrected chi connectivity index (χ2v) is 7.54. The van der Waals surface area contributed by atoms with E-state index in [1.807, 2.05) is 19.1 Å². The van der Waals surface area contributed by atoms with E-state index >= 15 is 0 Å². The summed E-state index contributed by atoms with van der Waals surface area (Å²) >= 11 is 0. The van der Waals surface area contributed by atoms with Crippen molar-refractivity contribution in [3.8, 4) is 11.4 Å². The Hall–Kier alpha value is -2.70. The highest BCUT2D eigenvalue weighted by molar-refractivity contribution is 5.85. The molecule has 0 radical (unpaired) electrons. The molecule has 166 valence electrons. The highest BCUT2D eigenvalue weighted by Crippen LogP contribution is 2.29. The van der Waals surface area contributed by atoms with E-state index in [0.29, 0.717) is 30.5 Å². The minimum atomic E-state index is -0.465. The lowest BCUT2D eigenvalue weighted by molar-refractivity contribution is 0.160. The number of anilines is 2. The first kappa shape index (κ1) is 23.6. The minimum absolute atomic E-state index is 0.408. The van der Waals surface area contributed by atoms with Gasteiger partial charge in [0.15, 0.2) is 0 Å². The molecule has 1 aromatic carbocycles. The summed E-state index contributed by atoms with van der Waals surface area (Å²) in [6.45, 7) is 7.17. The maximum absolute atomic E-state index is 12.0. The minimum Gasteiger partial charge on any atom is -0.491 e. The van der Waals surface area contributed by atoms with Crippen molar-refractivity contribution in [3.05, 3.63) is 30.0 Å². The number of nitrogens with one attached hydrogen (secondary N) is 1. The van der Waals surface area contributed by atoms with Crippen molar-refractivity contribution in [2.45, 2.75) is 72.1 Å². The smallest absolute Gasteiger partial charge is 0.411 e. The third-order valence-corrected chi connectivity index (χ3v) is 4.78. The van der Waals surface area contributed by atoms with Crippen molar-refractivity contribution in [1.82, 2.24) is 9.78 Å². The third-order valence-electron chi connectivity index (χ3n) is 4.78. The molecule has 2 aromatic rings. The first-order valence-electron chi connectivity index (χ1n) is 11.1. The van der Waals surface area contributed by atoms with E-state index < -0.39 is 6.09 Å². The maximum Gasteiger partial charge on any atom is 0.411 e. The van der Waals surface area contributed by atoms with Crippen LogP contribution in [0.15, 0.2) is 24.3 Å². The summed E-state index contributed by atoms with van der Waals surface area (Å²) in [7, 11) is 0. The highest BCUT2D eigenvalue weighted by Gasteiger charge is 2.13. The number of hydrogen-bond donors (Lipinski definition) is 2. The molecule has 0 aliphatic carbocycles. The Balaban J connectivity index is 2.06. The van der Waals surface area contributed by atoms with Gasteiger partial charge in [-0.3, -0.25) is 5.32 Å². The molecule has 30 heavy (non-hydrogen) atoms. The van der Waals surface area contributed by atoms with Crippen molar-refractivity contribution in [3.63, 3.8) is 0 Å². The zero-order valence-electron chi connectivity index (χ0n) is 18.6. The molecule has 7 nitrogen and oxygen atoms in total. The highest BCUT2D eigenvalue weighted by atomic mass is 16.5. The molecule has 1 amide bonds. The summed E-state index contributed by atoms with van der Waals surface area (Å²) in [5.74, 6) is 1.17. The van der Waals surface area contributed by atoms with Crippen LogP contribution >= 0.6 is 0 Å². The van der Waals surface area contributed by atoms with Crippen LogP contribution in [0, 0.1) is 6.92 Å². The average molecular weight is 417 g/mol. The monoisotopic (exact) mass is 416 g/mol. The molecule has 1 heterocycles. The molecule has 0 aliphatic rings. The van der Waals surface area contributed by atoms with E-state index in [-0.39, 0.29) is 0 Å². The lowest BCUT2D eigenvalue weighted by Crippen LogP contribution is -2.15. The predicted molar refractivity (Wildman–Crippen MR) is 121 cm³/mol. The number of aryl methyl sites for hydroxylation is 1. The fourth-order valence-corrected chi connectivity index (χ4v) is 3.12. The Bertz CT molecular complexity index is 789. The van der Waals surface area contributed by atoms with Crippen LogP contribution in [0.4, 0.5) is 16.3 Å². The summed E-state index contributed by atoms with van der Waals surface area (Å²) in [4.78, 5) is 12.0. The van der Waals surface area contributed by atoms with Crippen LogP contribution in [0.3, 0.4) is 0 Å². The van der Waals surface area contributed by atoms with Crippen molar-refractivity contribution >= 4 is 17.6 Å². The first-order chi connectivity index (χ1) is 14.5. The van der Waals surface area contributed by atoms with Crippen LogP contribution < -0.4 is 15.8 Å². The zero-order chi connectivity index (χ0) is 21.8. The number of amides is 1. The van der Waals surface area contributed by atoms with E-state index in [9.17, 15) is 4.79 Å². The fraction of sp³-hybridized carbons (Fsp3) is 0.565. The Labute approximate surface area is 179 Å². The summed E-state index contributed by atoms with van der Waals surface area (Å²) in [5, 5.41) is 7.22. The van der Waals surface area contributed by atoms with Crippen LogP contribution in [0.25, 0.3) is 5.69 Å². The Morgan fingerprint density at radius 1 is 1.03 bits per heavy atom. The van der Waals surface area contributed by atoms with Gasteiger partial charge in [-0.05, 0) is 31.9 Å². The number of hydrogen-bond acceptors (Lipinski definition) is 5. The first-order valence-corrected chi connectivity index (χ1v) is 11.1. The van der Waals surface area contributed by atoms with Crippen LogP contribution in [0.2, 0.25) is 0 Å². The van der Waals surface area contributed by atoms with E-state index in [4.69, 9.17) is 15.2 Å². The largest absolute Gasteiger partial charge is 0.491 e. The molecule has 0 bridgehead atoms. The number of nitrogen functional groups attached to an aromatic ring is 1. The van der Waals surface area contributed by atoms with Gasteiger partial charge in [-0.1, -0.05) is 52.4 Å². The van der Waals surface area contributed by atoms with Gasteiger partial charge < -0.3 is 15.2 Å². The Kier molecular flexibility index (Phi) is 10.0. The number of nitrogens with zero attached hydrogens (tertiary/aromatic N) is 2. The van der Waals surface area contributed by atoms with Gasteiger partial charge in [0.1, 0.15) is 17.3 Å². The summed E-state index contributed by atoms with van der Waals surface area (Å²) in [5.41, 5.74) is 8.30. The van der Waals surface area contributed by atoms with Gasteiger partial charge >= 0.3 is 6.09 Å². The number of unbranched alkanes of at least 4 members (excludes halogenated alkanes) is 6. The number of ether oxygens (including phenoxy) is 2. The molecule has 0 unspecified atom stereocenters. The number of benzene rings is 1. The molecule has 0 fully saturated rings. The average Bonchev–Trinajstić information content (AvgIpc) is 3.05. The van der Waals surface area contributed by atoms with Crippen LogP contribution in [-0.4, -0.2) is 29.1 Å². The number of nitrogens with two attached hydrogens (primary N) is 1. The fourth-order valence-electron chi connectivity index (χ4n) is 3.12. The molecule has 0 spiro atoms. The molecule has 0 saturated heterocycles. The maximum atomic E-state index is 12.0. The third kappa shape index (κ3) is 7.61. The number of carbonyl (C=O) groups is 1. The SMILES string of the molecule is CCCCCCCCOc1cc(NC(=O)OCCCC)ccc1-n1nc(C)cc1N. The van der Waals surface area contributed by atoms with Gasteiger partial charge in [0.2, 0.25) is 0 Å². The molecule has 0 saturated carbocycles. The second-order valence-electron chi connectivity index (χ2n) is 7.54. The van der Waals surface area contributed by atoms with Crippen molar-refractivity contribution < 1.29 is 14.3 Å². The Morgan fingerprint density at radius 3 is 2.47 bits per heavy atom. The van der Waals surface area contributed by atoms with E-state index in [1.54, 1.807) is 16.8 Å². The van der Waals surface area contributed by atoms with Gasteiger partial charge in [-0.15, -0.1) is 0 Å². The summed E-state index contributed by atoms with van der Waals surface area (Å²) < 4.78 is 12.9. The van der Waals surface area contributed by atoms with E-state index in [2.05, 4.69) is 24.3 Å². The van der Waals surface area contributed by atoms with E-state index in [0.717, 1.165) is 37.1 Å². The number of rotatable bonds is 13. The Morgan fingerprint density at radius 2 is 1.77 bits per heavy atom. The molecule has 7 heteroatoms.